The predicted octanol–water partition coefficient (Wildman–Crippen LogP) is 1.91. The molecule has 3 atom stereocenters. The highest BCUT2D eigenvalue weighted by Gasteiger charge is 2.37. The van der Waals surface area contributed by atoms with Crippen LogP contribution in [0.5, 0.6) is 0 Å². The Morgan fingerprint density at radius 1 is 1.32 bits per heavy atom. The van der Waals surface area contributed by atoms with E-state index in [-0.39, 0.29) is 12.5 Å². The number of nitrogens with one attached hydrogen (secondary N) is 1. The second kappa shape index (κ2) is 11.1. The number of rotatable bonds is 10. The van der Waals surface area contributed by atoms with Crippen LogP contribution >= 0.6 is 11.8 Å². The molecule has 0 saturated carbocycles. The lowest BCUT2D eigenvalue weighted by Crippen LogP contribution is -2.54. The van der Waals surface area contributed by atoms with Gasteiger partial charge in [0.25, 0.3) is 0 Å². The van der Waals surface area contributed by atoms with E-state index >= 15 is 0 Å². The molecular weight excluding hydrogens is 380 g/mol. The molecule has 8 heteroatoms. The minimum atomic E-state index is -0.988. The molecule has 0 radical (unpaired) electrons. The standard InChI is InChI=1S/C20H28N2O5S/c1-3-27-20(26)16(13-28-12-15-8-5-4-6-9-15)21-14(2)18(23)22-11-7-10-17(22)19(24)25/h4-6,8-9,14,16-17,21H,3,7,10-13H2,1-2H3,(H,24,25)/t14-,16-,17+/m0/s1. The zero-order valence-corrected chi connectivity index (χ0v) is 17.1. The Balaban J connectivity index is 1.95. The van der Waals surface area contributed by atoms with E-state index in [1.54, 1.807) is 25.6 Å². The first-order valence-electron chi connectivity index (χ1n) is 9.51. The van der Waals surface area contributed by atoms with Gasteiger partial charge in [-0.1, -0.05) is 30.3 Å². The molecule has 0 unspecified atom stereocenters. The maximum atomic E-state index is 12.7. The van der Waals surface area contributed by atoms with Crippen molar-refractivity contribution < 1.29 is 24.2 Å². The van der Waals surface area contributed by atoms with E-state index in [0.717, 1.165) is 11.3 Å². The van der Waals surface area contributed by atoms with Gasteiger partial charge in [-0.3, -0.25) is 14.9 Å². The quantitative estimate of drug-likeness (QED) is 0.571. The molecule has 154 valence electrons. The number of carboxylic acid groups (broad SMARTS) is 1. The Labute approximate surface area is 169 Å². The Kier molecular flexibility index (Phi) is 8.79. The topological polar surface area (TPSA) is 95.9 Å². The average molecular weight is 409 g/mol. The molecule has 0 bridgehead atoms. The van der Waals surface area contributed by atoms with Crippen LogP contribution in [0.2, 0.25) is 0 Å². The molecule has 1 aliphatic heterocycles. The van der Waals surface area contributed by atoms with Crippen molar-refractivity contribution in [1.82, 2.24) is 10.2 Å². The molecule has 7 nitrogen and oxygen atoms in total. The van der Waals surface area contributed by atoms with Crippen LogP contribution in [-0.4, -0.2) is 64.9 Å². The van der Waals surface area contributed by atoms with Gasteiger partial charge in [-0.05, 0) is 32.3 Å². The van der Waals surface area contributed by atoms with Crippen LogP contribution in [0.3, 0.4) is 0 Å². The molecule has 2 N–H and O–H groups in total. The Morgan fingerprint density at radius 2 is 2.04 bits per heavy atom. The first-order valence-corrected chi connectivity index (χ1v) is 10.7. The van der Waals surface area contributed by atoms with Gasteiger partial charge in [-0.25, -0.2) is 4.79 Å². The van der Waals surface area contributed by atoms with Gasteiger partial charge in [0.15, 0.2) is 0 Å². The summed E-state index contributed by atoms with van der Waals surface area (Å²) in [6.45, 7) is 4.08. The van der Waals surface area contributed by atoms with E-state index in [1.807, 2.05) is 30.3 Å². The maximum absolute atomic E-state index is 12.7. The van der Waals surface area contributed by atoms with E-state index in [1.165, 1.54) is 4.90 Å². The third kappa shape index (κ3) is 6.24. The summed E-state index contributed by atoms with van der Waals surface area (Å²) in [7, 11) is 0. The number of carboxylic acids is 1. The maximum Gasteiger partial charge on any atom is 0.326 e. The van der Waals surface area contributed by atoms with E-state index < -0.39 is 30.1 Å². The van der Waals surface area contributed by atoms with Crippen LogP contribution in [0.15, 0.2) is 30.3 Å². The molecule has 0 aliphatic carbocycles. The average Bonchev–Trinajstić information content (AvgIpc) is 3.17. The molecule has 0 spiro atoms. The first-order chi connectivity index (χ1) is 13.4. The van der Waals surface area contributed by atoms with E-state index in [2.05, 4.69) is 5.32 Å². The highest BCUT2D eigenvalue weighted by atomic mass is 32.2. The fraction of sp³-hybridized carbons (Fsp3) is 0.550. The number of amides is 1. The van der Waals surface area contributed by atoms with Gasteiger partial charge in [0.1, 0.15) is 12.1 Å². The number of ether oxygens (including phenoxy) is 1. The molecule has 1 saturated heterocycles. The second-order valence-electron chi connectivity index (χ2n) is 6.72. The number of carbonyl (C=O) groups excluding carboxylic acids is 2. The predicted molar refractivity (Wildman–Crippen MR) is 108 cm³/mol. The van der Waals surface area contributed by atoms with Crippen LogP contribution in [0.4, 0.5) is 0 Å². The van der Waals surface area contributed by atoms with Gasteiger partial charge in [-0.15, -0.1) is 0 Å². The van der Waals surface area contributed by atoms with Crippen molar-refractivity contribution in [2.24, 2.45) is 0 Å². The summed E-state index contributed by atoms with van der Waals surface area (Å²) in [5.74, 6) is -0.494. The molecular formula is C20H28N2O5S. The van der Waals surface area contributed by atoms with Gasteiger partial charge in [0, 0.05) is 18.1 Å². The number of carbonyl (C=O) groups is 3. The summed E-state index contributed by atoms with van der Waals surface area (Å²) in [5, 5.41) is 12.3. The molecule has 1 aromatic carbocycles. The third-order valence-corrected chi connectivity index (χ3v) is 5.72. The zero-order valence-electron chi connectivity index (χ0n) is 16.3. The normalized spacial score (nSPS) is 18.5. The highest BCUT2D eigenvalue weighted by Crippen LogP contribution is 2.19. The second-order valence-corrected chi connectivity index (χ2v) is 7.75. The van der Waals surface area contributed by atoms with Crippen LogP contribution in [0.1, 0.15) is 32.3 Å². The van der Waals surface area contributed by atoms with Gasteiger partial charge >= 0.3 is 11.9 Å². The van der Waals surface area contributed by atoms with Crippen LogP contribution in [0.25, 0.3) is 0 Å². The number of hydrogen-bond acceptors (Lipinski definition) is 6. The molecule has 1 fully saturated rings. The number of esters is 1. The van der Waals surface area contributed by atoms with E-state index in [9.17, 15) is 19.5 Å². The number of nitrogens with zero attached hydrogens (tertiary/aromatic N) is 1. The summed E-state index contributed by atoms with van der Waals surface area (Å²) in [4.78, 5) is 37.8. The minimum Gasteiger partial charge on any atom is -0.480 e. The largest absolute Gasteiger partial charge is 0.480 e. The summed E-state index contributed by atoms with van der Waals surface area (Å²) < 4.78 is 5.14. The number of aliphatic carboxylic acids is 1. The van der Waals surface area contributed by atoms with Crippen LogP contribution in [-0.2, 0) is 24.9 Å². The van der Waals surface area contributed by atoms with Crippen molar-refractivity contribution in [3.63, 3.8) is 0 Å². The Morgan fingerprint density at radius 3 is 2.68 bits per heavy atom. The van der Waals surface area contributed by atoms with E-state index in [4.69, 9.17) is 4.74 Å². The smallest absolute Gasteiger partial charge is 0.326 e. The number of thioether (sulfide) groups is 1. The van der Waals surface area contributed by atoms with Crippen molar-refractivity contribution >= 4 is 29.6 Å². The van der Waals surface area contributed by atoms with Gasteiger partial charge in [0.2, 0.25) is 5.91 Å². The van der Waals surface area contributed by atoms with Crippen molar-refractivity contribution in [1.29, 1.82) is 0 Å². The summed E-state index contributed by atoms with van der Waals surface area (Å²) >= 11 is 1.58. The Hall–Kier alpha value is -2.06. The van der Waals surface area contributed by atoms with Crippen LogP contribution in [0, 0.1) is 0 Å². The number of hydrogen-bond donors (Lipinski definition) is 2. The number of likely N-dealkylation sites (tertiary alicyclic amines) is 1. The summed E-state index contributed by atoms with van der Waals surface area (Å²) in [6, 6.07) is 7.82. The lowest BCUT2D eigenvalue weighted by molar-refractivity contribution is -0.150. The van der Waals surface area contributed by atoms with Gasteiger partial charge in [-0.2, -0.15) is 11.8 Å². The SMILES string of the molecule is CCOC(=O)[C@H](CSCc1ccccc1)N[C@@H](C)C(=O)N1CCC[C@@H]1C(=O)O. The lowest BCUT2D eigenvalue weighted by Gasteiger charge is -2.27. The van der Waals surface area contributed by atoms with Crippen molar-refractivity contribution in [2.45, 2.75) is 50.6 Å². The zero-order chi connectivity index (χ0) is 20.5. The van der Waals surface area contributed by atoms with Crippen molar-refractivity contribution in [3.05, 3.63) is 35.9 Å². The molecule has 1 aromatic rings. The Bertz CT molecular complexity index is 670. The third-order valence-electron chi connectivity index (χ3n) is 4.61. The first kappa shape index (κ1) is 22.2. The molecule has 28 heavy (non-hydrogen) atoms. The minimum absolute atomic E-state index is 0.260. The summed E-state index contributed by atoms with van der Waals surface area (Å²) in [5.41, 5.74) is 1.15. The van der Waals surface area contributed by atoms with Crippen molar-refractivity contribution in [3.8, 4) is 0 Å². The fourth-order valence-corrected chi connectivity index (χ4v) is 4.22. The van der Waals surface area contributed by atoms with Gasteiger partial charge < -0.3 is 14.7 Å². The van der Waals surface area contributed by atoms with Gasteiger partial charge in [0.05, 0.1) is 12.6 Å². The monoisotopic (exact) mass is 408 g/mol. The number of benzene rings is 1. The fourth-order valence-electron chi connectivity index (χ4n) is 3.20. The highest BCUT2D eigenvalue weighted by molar-refractivity contribution is 7.98. The summed E-state index contributed by atoms with van der Waals surface area (Å²) in [6.07, 6.45) is 1.13. The van der Waals surface area contributed by atoms with E-state index in [0.29, 0.717) is 25.1 Å². The molecule has 1 aliphatic rings. The molecule has 2 rings (SSSR count). The van der Waals surface area contributed by atoms with Crippen molar-refractivity contribution in [2.75, 3.05) is 18.9 Å². The molecule has 1 amide bonds. The molecule has 1 heterocycles. The lowest BCUT2D eigenvalue weighted by atomic mass is 10.2. The molecule has 0 aromatic heterocycles. The van der Waals surface area contributed by atoms with Crippen LogP contribution < -0.4 is 5.32 Å².